The predicted octanol–water partition coefficient (Wildman–Crippen LogP) is 3.54. The van der Waals surface area contributed by atoms with Gasteiger partial charge in [0.15, 0.2) is 5.75 Å². The van der Waals surface area contributed by atoms with Crippen LogP contribution in [0.25, 0.3) is 11.0 Å². The average Bonchev–Trinajstić information content (AvgIpc) is 2.54. The number of fused-ring (bicyclic) bond motifs is 3. The molecule has 2 aromatic carbocycles. The van der Waals surface area contributed by atoms with Gasteiger partial charge in [-0.1, -0.05) is 42.0 Å². The molecule has 114 valence electrons. The van der Waals surface area contributed by atoms with E-state index >= 15 is 0 Å². The fourth-order valence-corrected chi connectivity index (χ4v) is 3.14. The molecule has 0 spiro atoms. The number of carbonyl (C=O) groups excluding carboxylic acids is 1. The fourth-order valence-electron chi connectivity index (χ4n) is 3.14. The Hall–Kier alpha value is -2.88. The smallest absolute Gasteiger partial charge is 0.343 e. The summed E-state index contributed by atoms with van der Waals surface area (Å²) in [6.07, 6.45) is 0.138. The van der Waals surface area contributed by atoms with Gasteiger partial charge in [-0.05, 0) is 24.6 Å². The van der Waals surface area contributed by atoms with Crippen molar-refractivity contribution in [1.29, 1.82) is 0 Å². The summed E-state index contributed by atoms with van der Waals surface area (Å²) in [6, 6.07) is 14.9. The molecule has 4 nitrogen and oxygen atoms in total. The van der Waals surface area contributed by atoms with Crippen molar-refractivity contribution in [3.63, 3.8) is 0 Å². The third kappa shape index (κ3) is 2.23. The van der Waals surface area contributed by atoms with Crippen LogP contribution in [-0.4, -0.2) is 5.97 Å². The van der Waals surface area contributed by atoms with E-state index < -0.39 is 5.63 Å². The summed E-state index contributed by atoms with van der Waals surface area (Å²) in [5, 5.41) is 0.646. The summed E-state index contributed by atoms with van der Waals surface area (Å²) >= 11 is 0. The van der Waals surface area contributed by atoms with E-state index in [-0.39, 0.29) is 18.3 Å². The molecule has 3 aromatic rings. The maximum absolute atomic E-state index is 12.5. The molecule has 0 saturated heterocycles. The number of aryl methyl sites for hydroxylation is 1. The van der Waals surface area contributed by atoms with E-state index in [1.807, 2.05) is 37.3 Å². The van der Waals surface area contributed by atoms with E-state index in [1.54, 1.807) is 18.2 Å². The molecule has 1 aliphatic rings. The molecule has 4 rings (SSSR count). The van der Waals surface area contributed by atoms with Crippen LogP contribution in [0.5, 0.6) is 5.75 Å². The Balaban J connectivity index is 2.02. The summed E-state index contributed by atoms with van der Waals surface area (Å²) in [4.78, 5) is 24.6. The van der Waals surface area contributed by atoms with Gasteiger partial charge in [-0.3, -0.25) is 4.79 Å². The van der Waals surface area contributed by atoms with Gasteiger partial charge >= 0.3 is 11.6 Å². The van der Waals surface area contributed by atoms with Gasteiger partial charge in [-0.2, -0.15) is 0 Å². The van der Waals surface area contributed by atoms with Crippen LogP contribution < -0.4 is 10.4 Å². The number of hydrogen-bond acceptors (Lipinski definition) is 4. The topological polar surface area (TPSA) is 56.5 Å². The highest BCUT2D eigenvalue weighted by Crippen LogP contribution is 2.40. The summed E-state index contributed by atoms with van der Waals surface area (Å²) in [7, 11) is 0. The highest BCUT2D eigenvalue weighted by molar-refractivity contribution is 5.90. The average molecular weight is 306 g/mol. The van der Waals surface area contributed by atoms with Crippen molar-refractivity contribution in [2.75, 3.05) is 0 Å². The maximum atomic E-state index is 12.5. The van der Waals surface area contributed by atoms with Crippen LogP contribution in [-0.2, 0) is 4.79 Å². The first-order valence-electron chi connectivity index (χ1n) is 7.46. The molecule has 0 unspecified atom stereocenters. The highest BCUT2D eigenvalue weighted by atomic mass is 16.5. The molecule has 0 fully saturated rings. The Labute approximate surface area is 132 Å². The van der Waals surface area contributed by atoms with Crippen LogP contribution in [0.2, 0.25) is 0 Å². The lowest BCUT2D eigenvalue weighted by Crippen LogP contribution is -2.26. The minimum Gasteiger partial charge on any atom is -0.425 e. The number of carbonyl (C=O) groups is 1. The Morgan fingerprint density at radius 2 is 1.87 bits per heavy atom. The number of para-hydroxylation sites is 1. The molecule has 1 aliphatic heterocycles. The quantitative estimate of drug-likeness (QED) is 0.509. The van der Waals surface area contributed by atoms with E-state index in [4.69, 9.17) is 9.15 Å². The lowest BCUT2D eigenvalue weighted by Gasteiger charge is -2.24. The van der Waals surface area contributed by atoms with Gasteiger partial charge in [-0.15, -0.1) is 0 Å². The monoisotopic (exact) mass is 306 g/mol. The van der Waals surface area contributed by atoms with Crippen LogP contribution in [0.4, 0.5) is 0 Å². The standard InChI is InChI=1S/C19H14O4/c1-11-5-4-6-12(9-11)14-10-16(20)23-18-13-7-2-3-8-15(13)22-19(21)17(14)18/h2-9,14H,10H2,1H3/t14-/m0/s1. The molecule has 0 amide bonds. The summed E-state index contributed by atoms with van der Waals surface area (Å²) in [6.45, 7) is 1.98. The lowest BCUT2D eigenvalue weighted by atomic mass is 9.86. The number of ether oxygens (including phenoxy) is 1. The van der Waals surface area contributed by atoms with E-state index in [0.29, 0.717) is 22.3 Å². The number of esters is 1. The molecule has 4 heteroatoms. The van der Waals surface area contributed by atoms with Crippen LogP contribution in [0, 0.1) is 6.92 Å². The molecular formula is C19H14O4. The molecule has 1 atom stereocenters. The Morgan fingerprint density at radius 3 is 2.70 bits per heavy atom. The van der Waals surface area contributed by atoms with Crippen LogP contribution in [0.3, 0.4) is 0 Å². The van der Waals surface area contributed by atoms with Crippen LogP contribution >= 0.6 is 0 Å². The van der Waals surface area contributed by atoms with Crippen molar-refractivity contribution in [2.45, 2.75) is 19.3 Å². The van der Waals surface area contributed by atoms with Crippen molar-refractivity contribution < 1.29 is 13.9 Å². The molecular weight excluding hydrogens is 292 g/mol. The summed E-state index contributed by atoms with van der Waals surface area (Å²) < 4.78 is 10.8. The molecule has 0 N–H and O–H groups in total. The van der Waals surface area contributed by atoms with Gasteiger partial charge in [0.1, 0.15) is 5.58 Å². The largest absolute Gasteiger partial charge is 0.425 e. The fraction of sp³-hybridized carbons (Fsp3) is 0.158. The van der Waals surface area contributed by atoms with E-state index in [1.165, 1.54) is 0 Å². The normalized spacial score (nSPS) is 16.9. The second-order valence-electron chi connectivity index (χ2n) is 5.77. The van der Waals surface area contributed by atoms with E-state index in [2.05, 4.69) is 0 Å². The molecule has 0 aliphatic carbocycles. The van der Waals surface area contributed by atoms with Crippen molar-refractivity contribution >= 4 is 16.9 Å². The molecule has 2 heterocycles. The molecule has 0 radical (unpaired) electrons. The van der Waals surface area contributed by atoms with Crippen molar-refractivity contribution in [2.24, 2.45) is 0 Å². The van der Waals surface area contributed by atoms with E-state index in [0.717, 1.165) is 11.1 Å². The van der Waals surface area contributed by atoms with Gasteiger partial charge in [0.05, 0.1) is 17.4 Å². The zero-order chi connectivity index (χ0) is 16.0. The molecule has 1 aromatic heterocycles. The minimum absolute atomic E-state index is 0.138. The predicted molar refractivity (Wildman–Crippen MR) is 85.8 cm³/mol. The molecule has 0 bridgehead atoms. The van der Waals surface area contributed by atoms with Gasteiger partial charge in [0.2, 0.25) is 0 Å². The summed E-state index contributed by atoms with van der Waals surface area (Å²) in [5.41, 5.74) is 2.40. The number of hydrogen-bond donors (Lipinski definition) is 0. The van der Waals surface area contributed by atoms with Gasteiger partial charge < -0.3 is 9.15 Å². The van der Waals surface area contributed by atoms with Crippen molar-refractivity contribution in [3.8, 4) is 5.75 Å². The molecule has 23 heavy (non-hydrogen) atoms. The number of rotatable bonds is 1. The Morgan fingerprint density at radius 1 is 1.04 bits per heavy atom. The SMILES string of the molecule is Cc1cccc([C@@H]2CC(=O)Oc3c2c(=O)oc2ccccc32)c1. The zero-order valence-electron chi connectivity index (χ0n) is 12.5. The Bertz CT molecular complexity index is 984. The first-order chi connectivity index (χ1) is 11.1. The second kappa shape index (κ2) is 5.09. The first kappa shape index (κ1) is 13.8. The Kier molecular flexibility index (Phi) is 3.05. The third-order valence-corrected chi connectivity index (χ3v) is 4.18. The van der Waals surface area contributed by atoms with Crippen molar-refractivity contribution in [3.05, 3.63) is 75.6 Å². The lowest BCUT2D eigenvalue weighted by molar-refractivity contribution is -0.135. The second-order valence-corrected chi connectivity index (χ2v) is 5.77. The maximum Gasteiger partial charge on any atom is 0.343 e. The van der Waals surface area contributed by atoms with Crippen molar-refractivity contribution in [1.82, 2.24) is 0 Å². The van der Waals surface area contributed by atoms with E-state index in [9.17, 15) is 9.59 Å². The third-order valence-electron chi connectivity index (χ3n) is 4.18. The van der Waals surface area contributed by atoms with Crippen LogP contribution in [0.15, 0.2) is 57.7 Å². The zero-order valence-corrected chi connectivity index (χ0v) is 12.5. The first-order valence-corrected chi connectivity index (χ1v) is 7.46. The van der Waals surface area contributed by atoms with Crippen LogP contribution in [0.1, 0.15) is 29.0 Å². The number of benzene rings is 2. The van der Waals surface area contributed by atoms with Gasteiger partial charge in [0, 0.05) is 5.92 Å². The summed E-state index contributed by atoms with van der Waals surface area (Å²) in [5.74, 6) is -0.341. The highest BCUT2D eigenvalue weighted by Gasteiger charge is 2.33. The van der Waals surface area contributed by atoms with Gasteiger partial charge in [0.25, 0.3) is 0 Å². The molecule has 0 saturated carbocycles. The minimum atomic E-state index is -0.447. The van der Waals surface area contributed by atoms with Gasteiger partial charge in [-0.25, -0.2) is 4.79 Å².